The Bertz CT molecular complexity index is 3880. The Morgan fingerprint density at radius 3 is 1.18 bits per heavy atom. The SMILES string of the molecule is Brc1cc2ccc1CCc1ccc(c(-n3c4ccccc4c4ccccc43)c1)CC2.OB(O)c1cncnc1.c1ccc2c(c1)c1ccccc1n2-c1cc2ccc1CCc1ccc(c(-c3cncnc3)c1)CC2. The fourth-order valence-electron chi connectivity index (χ4n) is 10.9. The lowest BCUT2D eigenvalue weighted by Gasteiger charge is -2.18. The van der Waals surface area contributed by atoms with E-state index in [1.165, 1.54) is 128 Å². The van der Waals surface area contributed by atoms with Crippen LogP contribution in [0, 0.1) is 0 Å². The molecule has 4 heterocycles. The summed E-state index contributed by atoms with van der Waals surface area (Å²) in [5.74, 6) is 0. The molecular formula is C64H52BBrN6O2. The number of benzene rings is 8. The molecule has 0 fully saturated rings. The van der Waals surface area contributed by atoms with E-state index in [-0.39, 0.29) is 0 Å². The average molecular weight is 1030 g/mol. The van der Waals surface area contributed by atoms with Gasteiger partial charge < -0.3 is 19.2 Å². The van der Waals surface area contributed by atoms with Crippen molar-refractivity contribution >= 4 is 72.1 Å². The molecule has 0 saturated heterocycles. The fourth-order valence-corrected chi connectivity index (χ4v) is 11.6. The number of nitrogens with zero attached hydrogens (tertiary/aromatic N) is 6. The summed E-state index contributed by atoms with van der Waals surface area (Å²) in [6, 6.07) is 63.2. The van der Waals surface area contributed by atoms with Gasteiger partial charge in [0.15, 0.2) is 0 Å². The van der Waals surface area contributed by atoms with Crippen LogP contribution in [0.25, 0.3) is 66.1 Å². The summed E-state index contributed by atoms with van der Waals surface area (Å²) in [6.07, 6.45) is 17.6. The third-order valence-corrected chi connectivity index (χ3v) is 15.5. The molecule has 0 aliphatic heterocycles. The molecule has 8 bridgehead atoms. The van der Waals surface area contributed by atoms with Gasteiger partial charge in [-0.25, -0.2) is 19.9 Å². The molecule has 2 N–H and O–H groups in total. The molecule has 360 valence electrons. The highest BCUT2D eigenvalue weighted by Crippen LogP contribution is 2.37. The quantitative estimate of drug-likeness (QED) is 0.170. The molecule has 0 amide bonds. The van der Waals surface area contributed by atoms with Crippen molar-refractivity contribution < 1.29 is 10.0 Å². The summed E-state index contributed by atoms with van der Waals surface area (Å²) in [7, 11) is -1.47. The lowest BCUT2D eigenvalue weighted by molar-refractivity contribution is 0.425. The van der Waals surface area contributed by atoms with Gasteiger partial charge in [-0.1, -0.05) is 143 Å². The zero-order valence-corrected chi connectivity index (χ0v) is 42.4. The minimum absolute atomic E-state index is 0.303. The van der Waals surface area contributed by atoms with Crippen LogP contribution < -0.4 is 5.46 Å². The van der Waals surface area contributed by atoms with Crippen LogP contribution in [0.15, 0.2) is 212 Å². The molecule has 0 spiro atoms. The van der Waals surface area contributed by atoms with E-state index in [0.29, 0.717) is 5.46 Å². The fraction of sp³-hybridized carbons (Fsp3) is 0.125. The molecule has 10 heteroatoms. The van der Waals surface area contributed by atoms with Gasteiger partial charge in [0.05, 0.1) is 22.1 Å². The second kappa shape index (κ2) is 20.8. The van der Waals surface area contributed by atoms with E-state index in [1.54, 1.807) is 6.33 Å². The summed E-state index contributed by atoms with van der Waals surface area (Å²) < 4.78 is 6.20. The Morgan fingerprint density at radius 1 is 0.378 bits per heavy atom. The lowest BCUT2D eigenvalue weighted by atomic mass is 9.83. The van der Waals surface area contributed by atoms with Crippen LogP contribution in [0.1, 0.15) is 44.5 Å². The number of aryl methyl sites for hydroxylation is 8. The predicted octanol–water partition coefficient (Wildman–Crippen LogP) is 12.7. The highest BCUT2D eigenvalue weighted by Gasteiger charge is 2.19. The van der Waals surface area contributed by atoms with Crippen LogP contribution in [0.5, 0.6) is 0 Å². The molecule has 8 aromatic carbocycles. The van der Waals surface area contributed by atoms with Crippen LogP contribution in [0.4, 0.5) is 0 Å². The van der Waals surface area contributed by atoms with Crippen molar-refractivity contribution in [2.45, 2.75) is 51.4 Å². The average Bonchev–Trinajstić information content (AvgIpc) is 3.97. The third kappa shape index (κ3) is 9.44. The van der Waals surface area contributed by atoms with Gasteiger partial charge in [0.1, 0.15) is 12.7 Å². The second-order valence-corrected chi connectivity index (χ2v) is 20.1. The maximum absolute atomic E-state index is 8.50. The lowest BCUT2D eigenvalue weighted by Crippen LogP contribution is -2.30. The van der Waals surface area contributed by atoms with E-state index in [9.17, 15) is 0 Å². The van der Waals surface area contributed by atoms with E-state index in [1.807, 2.05) is 12.4 Å². The van der Waals surface area contributed by atoms with Crippen molar-refractivity contribution in [1.82, 2.24) is 29.1 Å². The molecule has 74 heavy (non-hydrogen) atoms. The summed E-state index contributed by atoms with van der Waals surface area (Å²) >= 11 is 3.78. The topological polar surface area (TPSA) is 102 Å². The Kier molecular flexibility index (Phi) is 13.2. The Labute approximate surface area is 439 Å². The van der Waals surface area contributed by atoms with Crippen LogP contribution in [0.3, 0.4) is 0 Å². The predicted molar refractivity (Wildman–Crippen MR) is 305 cm³/mol. The third-order valence-electron chi connectivity index (χ3n) is 14.7. The first-order valence-corrected chi connectivity index (χ1v) is 26.2. The van der Waals surface area contributed by atoms with Gasteiger partial charge in [-0.2, -0.15) is 0 Å². The highest BCUT2D eigenvalue weighted by molar-refractivity contribution is 9.10. The first kappa shape index (κ1) is 47.0. The van der Waals surface area contributed by atoms with E-state index in [0.717, 1.165) is 56.9 Å². The van der Waals surface area contributed by atoms with E-state index in [2.05, 4.69) is 215 Å². The van der Waals surface area contributed by atoms with Crippen molar-refractivity contribution in [1.29, 1.82) is 0 Å². The number of fused-ring (bicyclic) bond motifs is 6. The van der Waals surface area contributed by atoms with Crippen LogP contribution in [-0.2, 0) is 51.4 Å². The second-order valence-electron chi connectivity index (χ2n) is 19.3. The maximum atomic E-state index is 8.50. The van der Waals surface area contributed by atoms with E-state index in [4.69, 9.17) is 10.0 Å². The molecular weight excluding hydrogens is 975 g/mol. The van der Waals surface area contributed by atoms with Gasteiger partial charge in [0.25, 0.3) is 0 Å². The first-order chi connectivity index (χ1) is 36.4. The van der Waals surface area contributed by atoms with Crippen molar-refractivity contribution in [3.8, 4) is 22.5 Å². The number of hydrogen-bond acceptors (Lipinski definition) is 6. The summed E-state index contributed by atoms with van der Waals surface area (Å²) in [5.41, 5.74) is 21.5. The first-order valence-electron chi connectivity index (χ1n) is 25.4. The number of aromatic nitrogens is 6. The molecule has 8 aliphatic rings. The number of hydrogen-bond donors (Lipinski definition) is 2. The van der Waals surface area contributed by atoms with Crippen LogP contribution in [-0.4, -0.2) is 46.2 Å². The Balaban J connectivity index is 0.000000130. The van der Waals surface area contributed by atoms with Gasteiger partial charge >= 0.3 is 7.12 Å². The molecule has 8 aliphatic carbocycles. The van der Waals surface area contributed by atoms with Crippen molar-refractivity contribution in [2.75, 3.05) is 0 Å². The zero-order chi connectivity index (χ0) is 50.0. The van der Waals surface area contributed by atoms with E-state index < -0.39 is 7.12 Å². The minimum atomic E-state index is -1.47. The van der Waals surface area contributed by atoms with Crippen molar-refractivity contribution in [2.24, 2.45) is 0 Å². The Morgan fingerprint density at radius 2 is 0.743 bits per heavy atom. The van der Waals surface area contributed by atoms with Gasteiger partial charge in [-0.05, 0) is 144 Å². The molecule has 0 saturated carbocycles. The highest BCUT2D eigenvalue weighted by atomic mass is 79.9. The number of rotatable bonds is 4. The normalized spacial score (nSPS) is 12.9. The van der Waals surface area contributed by atoms with Gasteiger partial charge in [-0.15, -0.1) is 0 Å². The molecule has 4 aromatic heterocycles. The van der Waals surface area contributed by atoms with Gasteiger partial charge in [0, 0.05) is 73.2 Å². The largest absolute Gasteiger partial charge is 0.491 e. The van der Waals surface area contributed by atoms with Gasteiger partial charge in [0.2, 0.25) is 0 Å². The maximum Gasteiger partial charge on any atom is 0.491 e. The van der Waals surface area contributed by atoms with Crippen molar-refractivity contribution in [3.63, 3.8) is 0 Å². The van der Waals surface area contributed by atoms with E-state index >= 15 is 0 Å². The summed E-state index contributed by atoms with van der Waals surface area (Å²) in [4.78, 5) is 15.7. The molecule has 0 atom stereocenters. The smallest absolute Gasteiger partial charge is 0.423 e. The van der Waals surface area contributed by atoms with Crippen LogP contribution >= 0.6 is 15.9 Å². The molecule has 20 rings (SSSR count). The monoisotopic (exact) mass is 1030 g/mol. The zero-order valence-electron chi connectivity index (χ0n) is 40.8. The van der Waals surface area contributed by atoms with Crippen LogP contribution in [0.2, 0.25) is 0 Å². The molecule has 12 aromatic rings. The summed E-state index contributed by atoms with van der Waals surface area (Å²) in [6.45, 7) is 0. The Hall–Kier alpha value is -8.02. The standard InChI is InChI=1S/C32H25N3.C28H22BrN.C4H5BN2O2/c1-3-7-30-27(5-1)28-6-2-4-8-31(28)35(30)32-18-23-10-14-24-13-9-22(11-15-25(32)16-12-23)17-29(24)26-19-33-21-34-20-26;29-25-17-19-9-13-21(25)14-10-20-12-16-22(15-11-19)28(18-20)30-26-7-3-1-5-23(26)24-6-2-4-8-27(24)30;8-5(9)4-1-6-3-7-2-4/h1-9,12-13,16-21H,10-11,14-15H2;1-9,12-13,16-18H,10-11,14-15H2;1-3,8-9H. The number of para-hydroxylation sites is 4. The molecule has 0 radical (unpaired) electrons. The molecule has 0 unspecified atom stereocenters. The minimum Gasteiger partial charge on any atom is -0.423 e. The summed E-state index contributed by atoms with van der Waals surface area (Å²) in [5, 5.41) is 22.3. The molecule has 8 nitrogen and oxygen atoms in total. The van der Waals surface area contributed by atoms with Crippen molar-refractivity contribution in [3.05, 3.63) is 256 Å². The van der Waals surface area contributed by atoms with Gasteiger partial charge in [-0.3, -0.25) is 0 Å². The number of halogens is 1.